The predicted molar refractivity (Wildman–Crippen MR) is 81.6 cm³/mol. The highest BCUT2D eigenvalue weighted by molar-refractivity contribution is 5.92. The number of fused-ring (bicyclic) bond motifs is 1. The lowest BCUT2D eigenvalue weighted by Crippen LogP contribution is -2.07. The summed E-state index contributed by atoms with van der Waals surface area (Å²) >= 11 is 0. The Morgan fingerprint density at radius 3 is 2.90 bits per heavy atom. The van der Waals surface area contributed by atoms with Gasteiger partial charge in [-0.3, -0.25) is 5.10 Å². The number of hydrogen-bond donors (Lipinski definition) is 2. The first-order chi connectivity index (χ1) is 10.2. The molecule has 3 aromatic rings. The zero-order chi connectivity index (χ0) is 14.4. The van der Waals surface area contributed by atoms with Gasteiger partial charge in [0.2, 0.25) is 0 Å². The number of aromatic amines is 1. The molecule has 1 saturated carbocycles. The highest BCUT2D eigenvalue weighted by Crippen LogP contribution is 2.47. The lowest BCUT2D eigenvalue weighted by atomic mass is 9.94. The van der Waals surface area contributed by atoms with Crippen LogP contribution in [0.2, 0.25) is 0 Å². The number of nitrogens with zero attached hydrogens (tertiary/aromatic N) is 3. The van der Waals surface area contributed by atoms with Gasteiger partial charge in [0, 0.05) is 17.2 Å². The molecule has 0 unspecified atom stereocenters. The van der Waals surface area contributed by atoms with Crippen molar-refractivity contribution in [1.82, 2.24) is 20.2 Å². The largest absolute Gasteiger partial charge is 0.312 e. The highest BCUT2D eigenvalue weighted by atomic mass is 15.2. The lowest BCUT2D eigenvalue weighted by molar-refractivity contribution is 0.965. The third-order valence-electron chi connectivity index (χ3n) is 4.31. The van der Waals surface area contributed by atoms with Crippen LogP contribution in [0.1, 0.15) is 24.1 Å². The van der Waals surface area contributed by atoms with Gasteiger partial charge < -0.3 is 5.41 Å². The SMILES string of the molecule is Cc1n[nH]c2ncnc(-c3cccc(C4(C=N)CC4)c3)c12. The molecule has 21 heavy (non-hydrogen) atoms. The van der Waals surface area contributed by atoms with Crippen molar-refractivity contribution in [3.8, 4) is 11.3 Å². The molecular formula is C16H15N5. The van der Waals surface area contributed by atoms with Crippen molar-refractivity contribution in [2.45, 2.75) is 25.2 Å². The van der Waals surface area contributed by atoms with Gasteiger partial charge in [0.15, 0.2) is 5.65 Å². The van der Waals surface area contributed by atoms with Crippen LogP contribution in [0.15, 0.2) is 30.6 Å². The Balaban J connectivity index is 1.91. The summed E-state index contributed by atoms with van der Waals surface area (Å²) in [6.45, 7) is 1.95. The van der Waals surface area contributed by atoms with Gasteiger partial charge in [-0.25, -0.2) is 9.97 Å². The van der Waals surface area contributed by atoms with Gasteiger partial charge in [-0.2, -0.15) is 5.10 Å². The topological polar surface area (TPSA) is 78.3 Å². The number of benzene rings is 1. The van der Waals surface area contributed by atoms with E-state index in [1.165, 1.54) is 5.56 Å². The van der Waals surface area contributed by atoms with Gasteiger partial charge in [-0.1, -0.05) is 18.2 Å². The van der Waals surface area contributed by atoms with Crippen molar-refractivity contribution >= 4 is 17.2 Å². The summed E-state index contributed by atoms with van der Waals surface area (Å²) in [4.78, 5) is 8.67. The molecule has 0 bridgehead atoms. The molecule has 104 valence electrons. The summed E-state index contributed by atoms with van der Waals surface area (Å²) in [6, 6.07) is 8.34. The molecule has 0 amide bonds. The van der Waals surface area contributed by atoms with Crippen molar-refractivity contribution in [3.05, 3.63) is 41.9 Å². The van der Waals surface area contributed by atoms with Crippen molar-refractivity contribution in [3.63, 3.8) is 0 Å². The number of aromatic nitrogens is 4. The lowest BCUT2D eigenvalue weighted by Gasteiger charge is -2.11. The third kappa shape index (κ3) is 1.77. The van der Waals surface area contributed by atoms with E-state index in [1.54, 1.807) is 12.5 Å². The number of H-pyrrole nitrogens is 1. The molecule has 1 aromatic carbocycles. The van der Waals surface area contributed by atoms with Gasteiger partial charge >= 0.3 is 0 Å². The Hall–Kier alpha value is -2.56. The quantitative estimate of drug-likeness (QED) is 0.722. The van der Waals surface area contributed by atoms with Crippen molar-refractivity contribution in [2.75, 3.05) is 0 Å². The zero-order valence-electron chi connectivity index (χ0n) is 11.7. The Labute approximate surface area is 122 Å². The van der Waals surface area contributed by atoms with E-state index in [-0.39, 0.29) is 5.41 Å². The maximum atomic E-state index is 7.66. The average molecular weight is 277 g/mol. The van der Waals surface area contributed by atoms with Crippen LogP contribution in [0.3, 0.4) is 0 Å². The summed E-state index contributed by atoms with van der Waals surface area (Å²) in [5.41, 5.74) is 4.76. The van der Waals surface area contributed by atoms with E-state index >= 15 is 0 Å². The van der Waals surface area contributed by atoms with Gasteiger partial charge in [0.1, 0.15) is 6.33 Å². The fourth-order valence-electron chi connectivity index (χ4n) is 2.85. The minimum absolute atomic E-state index is 0.0480. The van der Waals surface area contributed by atoms with Gasteiger partial charge in [0.05, 0.1) is 16.8 Å². The Morgan fingerprint density at radius 1 is 1.29 bits per heavy atom. The van der Waals surface area contributed by atoms with E-state index in [4.69, 9.17) is 5.41 Å². The zero-order valence-corrected chi connectivity index (χ0v) is 11.7. The molecule has 4 rings (SSSR count). The third-order valence-corrected chi connectivity index (χ3v) is 4.31. The molecule has 0 aliphatic heterocycles. The second-order valence-electron chi connectivity index (χ2n) is 5.64. The summed E-state index contributed by atoms with van der Waals surface area (Å²) in [7, 11) is 0. The first-order valence-corrected chi connectivity index (χ1v) is 7.02. The Kier molecular flexibility index (Phi) is 2.45. The van der Waals surface area contributed by atoms with Crippen LogP contribution in [0, 0.1) is 12.3 Å². The summed E-state index contributed by atoms with van der Waals surface area (Å²) in [5, 5.41) is 15.8. The highest BCUT2D eigenvalue weighted by Gasteiger charge is 2.42. The molecule has 5 nitrogen and oxygen atoms in total. The van der Waals surface area contributed by atoms with Crippen molar-refractivity contribution in [2.24, 2.45) is 0 Å². The van der Waals surface area contributed by atoms with Crippen molar-refractivity contribution in [1.29, 1.82) is 5.41 Å². The Bertz CT molecular complexity index is 845. The van der Waals surface area contributed by atoms with Crippen LogP contribution in [-0.2, 0) is 5.41 Å². The molecule has 2 heterocycles. The summed E-state index contributed by atoms with van der Waals surface area (Å²) in [5.74, 6) is 0. The first-order valence-electron chi connectivity index (χ1n) is 7.02. The van der Waals surface area contributed by atoms with E-state index in [0.29, 0.717) is 0 Å². The standard InChI is InChI=1S/C16H15N5/c1-10-13-14(18-9-19-15(13)21-20-10)11-3-2-4-12(7-11)16(8-17)5-6-16/h2-4,7-9,17H,5-6H2,1H3,(H,18,19,20,21). The fourth-order valence-corrected chi connectivity index (χ4v) is 2.85. The van der Waals surface area contributed by atoms with Crippen LogP contribution in [0.5, 0.6) is 0 Å². The van der Waals surface area contributed by atoms with E-state index in [0.717, 1.165) is 40.8 Å². The molecule has 5 heteroatoms. The minimum atomic E-state index is -0.0480. The molecule has 0 saturated heterocycles. The van der Waals surface area contributed by atoms with Crippen molar-refractivity contribution < 1.29 is 0 Å². The summed E-state index contributed by atoms with van der Waals surface area (Å²) < 4.78 is 0. The number of rotatable bonds is 3. The number of nitrogens with one attached hydrogen (secondary N) is 2. The maximum absolute atomic E-state index is 7.66. The molecule has 0 atom stereocenters. The van der Waals surface area contributed by atoms with Crippen LogP contribution in [-0.4, -0.2) is 26.4 Å². The molecule has 0 spiro atoms. The number of aryl methyl sites for hydroxylation is 1. The molecule has 2 N–H and O–H groups in total. The average Bonchev–Trinajstić information content (AvgIpc) is 3.25. The maximum Gasteiger partial charge on any atom is 0.159 e. The van der Waals surface area contributed by atoms with Gasteiger partial charge in [-0.15, -0.1) is 0 Å². The second-order valence-corrected chi connectivity index (χ2v) is 5.64. The minimum Gasteiger partial charge on any atom is -0.312 e. The van der Waals surface area contributed by atoms with Crippen LogP contribution in [0.25, 0.3) is 22.3 Å². The molecule has 1 aliphatic carbocycles. The Morgan fingerprint density at radius 2 is 2.14 bits per heavy atom. The monoisotopic (exact) mass is 277 g/mol. The normalized spacial score (nSPS) is 16.0. The van der Waals surface area contributed by atoms with E-state index < -0.39 is 0 Å². The molecule has 2 aromatic heterocycles. The first kappa shape index (κ1) is 12.2. The molecular weight excluding hydrogens is 262 g/mol. The van der Waals surface area contributed by atoms with E-state index in [2.05, 4.69) is 38.4 Å². The molecule has 0 radical (unpaired) electrons. The van der Waals surface area contributed by atoms with Gasteiger partial charge in [-0.05, 0) is 31.4 Å². The van der Waals surface area contributed by atoms with Gasteiger partial charge in [0.25, 0.3) is 0 Å². The number of hydrogen-bond acceptors (Lipinski definition) is 4. The van der Waals surface area contributed by atoms with E-state index in [1.807, 2.05) is 13.0 Å². The molecule has 1 fully saturated rings. The molecule has 1 aliphatic rings. The van der Waals surface area contributed by atoms with E-state index in [9.17, 15) is 0 Å². The predicted octanol–water partition coefficient (Wildman–Crippen LogP) is 3.01. The fraction of sp³-hybridized carbons (Fsp3) is 0.250. The van der Waals surface area contributed by atoms with Crippen LogP contribution >= 0.6 is 0 Å². The van der Waals surface area contributed by atoms with Crippen LogP contribution in [0.4, 0.5) is 0 Å². The smallest absolute Gasteiger partial charge is 0.159 e. The second kappa shape index (κ2) is 4.22. The summed E-state index contributed by atoms with van der Waals surface area (Å²) in [6.07, 6.45) is 5.25. The van der Waals surface area contributed by atoms with Crippen LogP contribution < -0.4 is 0 Å².